The Kier molecular flexibility index (Phi) is 14.7. The molecule has 60 heavy (non-hydrogen) atoms. The zero-order valence-corrected chi connectivity index (χ0v) is 40.2. The number of aromatic nitrogens is 2. The number of carbonyl (C=O) groups is 2. The largest absolute Gasteiger partial charge is 1.00 e. The Labute approximate surface area is 375 Å². The van der Waals surface area contributed by atoms with E-state index in [0.29, 0.717) is 68.0 Å². The molecule has 5 saturated carbocycles. The number of rotatable bonds is 12. The van der Waals surface area contributed by atoms with Crippen molar-refractivity contribution in [3.63, 3.8) is 0 Å². The van der Waals surface area contributed by atoms with Crippen LogP contribution in [0.1, 0.15) is 144 Å². The molecule has 7 nitrogen and oxygen atoms in total. The Morgan fingerprint density at radius 1 is 0.767 bits per heavy atom. The Morgan fingerprint density at radius 2 is 1.38 bits per heavy atom. The van der Waals surface area contributed by atoms with E-state index >= 15 is 0 Å². The summed E-state index contributed by atoms with van der Waals surface area (Å²) < 4.78 is 16.9. The van der Waals surface area contributed by atoms with Crippen molar-refractivity contribution in [2.24, 2.45) is 56.7 Å². The first-order chi connectivity index (χ1) is 27.3. The van der Waals surface area contributed by atoms with Crippen LogP contribution in [0, 0.1) is 56.7 Å². The molecule has 5 aliphatic carbocycles. The molecule has 0 amide bonds. The molecule has 0 aromatic carbocycles. The van der Waals surface area contributed by atoms with E-state index in [1.807, 2.05) is 14.1 Å². The van der Waals surface area contributed by atoms with Gasteiger partial charge in [0.1, 0.15) is 18.9 Å². The van der Waals surface area contributed by atoms with Crippen molar-refractivity contribution in [3.05, 3.63) is 66.8 Å². The number of hydrogen-bond donors (Lipinski definition) is 0. The van der Waals surface area contributed by atoms with Gasteiger partial charge in [0.25, 0.3) is 0 Å². The number of anilines is 1. The lowest BCUT2D eigenvalue weighted by Gasteiger charge is -2.73. The van der Waals surface area contributed by atoms with Crippen LogP contribution in [-0.2, 0) is 32.2 Å². The fraction of sp³-hybridized carbons (Fsp3) is 0.725. The first-order valence-corrected chi connectivity index (χ1v) is 23.0. The second kappa shape index (κ2) is 18.2. The smallest absolute Gasteiger partial charge is 0.312 e. The van der Waals surface area contributed by atoms with Crippen LogP contribution in [0.5, 0.6) is 0 Å². The molecule has 334 valence electrons. The van der Waals surface area contributed by atoms with Gasteiger partial charge < -0.3 is 39.2 Å². The van der Waals surface area contributed by atoms with E-state index in [-0.39, 0.29) is 69.9 Å². The predicted molar refractivity (Wildman–Crippen MR) is 231 cm³/mol. The fourth-order valence-corrected chi connectivity index (χ4v) is 14.6. The third-order valence-electron chi connectivity index (χ3n) is 18.1. The second-order valence-corrected chi connectivity index (χ2v) is 21.8. The van der Waals surface area contributed by atoms with Crippen LogP contribution in [-0.4, -0.2) is 38.7 Å². The van der Waals surface area contributed by atoms with E-state index in [2.05, 4.69) is 125 Å². The van der Waals surface area contributed by atoms with Crippen LogP contribution in [0.3, 0.4) is 0 Å². The van der Waals surface area contributed by atoms with Gasteiger partial charge in [-0.15, -0.1) is 0 Å². The van der Waals surface area contributed by atoms with Gasteiger partial charge in [0.15, 0.2) is 37.9 Å². The van der Waals surface area contributed by atoms with E-state index in [9.17, 15) is 9.59 Å². The maximum Gasteiger partial charge on any atom is 0.312 e. The average Bonchev–Trinajstić information content (AvgIpc) is 3.57. The van der Waals surface area contributed by atoms with Crippen molar-refractivity contribution < 1.29 is 53.0 Å². The molecule has 2 heterocycles. The van der Waals surface area contributed by atoms with Crippen molar-refractivity contribution in [1.82, 2.24) is 0 Å². The highest BCUT2D eigenvalue weighted by molar-refractivity contribution is 5.69. The SMILES string of the molecule is C=C(C)[C@@H]1CC[C@]2(COC(=O)CC[n+]3ccc(C(C)C)cc3)CC[C@]3(C)C(CCC4[C@@]5(C)CC[C@H](OC(=O)CC[n+]6ccc(N(C)C)cc6)C(C)(C)C5CC[C@]43C)C12.[Cl-].[Cl-]. The number of carbonyl (C=O) groups excluding carboxylic acids is 2. The van der Waals surface area contributed by atoms with Crippen LogP contribution in [0.15, 0.2) is 61.2 Å². The molecule has 10 atom stereocenters. The highest BCUT2D eigenvalue weighted by atomic mass is 35.5. The Balaban J connectivity index is 0.00000341. The van der Waals surface area contributed by atoms with Crippen LogP contribution < -0.4 is 38.8 Å². The summed E-state index contributed by atoms with van der Waals surface area (Å²) in [4.78, 5) is 28.8. The topological polar surface area (TPSA) is 63.6 Å². The molecular weight excluding hydrogens is 789 g/mol. The summed E-state index contributed by atoms with van der Waals surface area (Å²) in [6.07, 6.45) is 20.7. The van der Waals surface area contributed by atoms with Gasteiger partial charge in [-0.2, -0.15) is 0 Å². The Hall–Kier alpha value is -2.64. The normalized spacial score (nSPS) is 35.0. The number of pyridine rings is 2. The molecule has 4 unspecified atom stereocenters. The number of esters is 2. The molecule has 5 fully saturated rings. The van der Waals surface area contributed by atoms with E-state index in [4.69, 9.17) is 9.47 Å². The monoisotopic (exact) mass is 866 g/mol. The quantitative estimate of drug-likeness (QED) is 0.183. The molecule has 0 saturated heterocycles. The van der Waals surface area contributed by atoms with Crippen molar-refractivity contribution in [3.8, 4) is 0 Å². The summed E-state index contributed by atoms with van der Waals surface area (Å²) in [6.45, 7) is 25.9. The van der Waals surface area contributed by atoms with Gasteiger partial charge in [0, 0.05) is 54.9 Å². The van der Waals surface area contributed by atoms with Gasteiger partial charge >= 0.3 is 11.9 Å². The van der Waals surface area contributed by atoms with E-state index < -0.39 is 0 Å². The molecule has 0 N–H and O–H groups in total. The van der Waals surface area contributed by atoms with E-state index in [0.717, 1.165) is 37.8 Å². The van der Waals surface area contributed by atoms with Crippen molar-refractivity contribution in [2.45, 2.75) is 158 Å². The number of nitrogens with zero attached hydrogens (tertiary/aromatic N) is 3. The minimum absolute atomic E-state index is 0. The number of aryl methyl sites for hydroxylation is 2. The number of hydrogen-bond acceptors (Lipinski definition) is 5. The first-order valence-electron chi connectivity index (χ1n) is 23.0. The average molecular weight is 867 g/mol. The Morgan fingerprint density at radius 3 is 1.98 bits per heavy atom. The summed E-state index contributed by atoms with van der Waals surface area (Å²) in [6, 6.07) is 8.50. The molecule has 0 radical (unpaired) electrons. The van der Waals surface area contributed by atoms with Crippen LogP contribution in [0.2, 0.25) is 0 Å². The number of allylic oxidation sites excluding steroid dienone is 1. The molecule has 7 rings (SSSR count). The number of ether oxygens (including phenoxy) is 2. The lowest BCUT2D eigenvalue weighted by molar-refractivity contribution is -0.696. The molecule has 5 aliphatic rings. The van der Waals surface area contributed by atoms with Gasteiger partial charge in [-0.05, 0) is 128 Å². The highest BCUT2D eigenvalue weighted by Gasteiger charge is 2.71. The summed E-state index contributed by atoms with van der Waals surface area (Å²) in [7, 11) is 4.08. The summed E-state index contributed by atoms with van der Waals surface area (Å²) in [5, 5.41) is 0. The summed E-state index contributed by atoms with van der Waals surface area (Å²) in [5.41, 5.74) is 4.39. The molecule has 0 aliphatic heterocycles. The van der Waals surface area contributed by atoms with Crippen LogP contribution in [0.25, 0.3) is 0 Å². The van der Waals surface area contributed by atoms with Gasteiger partial charge in [-0.25, -0.2) is 9.13 Å². The van der Waals surface area contributed by atoms with Crippen LogP contribution >= 0.6 is 0 Å². The Bertz CT molecular complexity index is 1830. The lowest BCUT2D eigenvalue weighted by atomic mass is 9.32. The fourth-order valence-electron chi connectivity index (χ4n) is 14.6. The minimum atomic E-state index is -0.0830. The van der Waals surface area contributed by atoms with Gasteiger partial charge in [0.05, 0.1) is 6.61 Å². The third-order valence-corrected chi connectivity index (χ3v) is 18.1. The number of fused-ring (bicyclic) bond motifs is 7. The minimum Gasteiger partial charge on any atom is -1.00 e. The maximum absolute atomic E-state index is 13.4. The molecule has 2 aromatic rings. The second-order valence-electron chi connectivity index (χ2n) is 21.8. The third kappa shape index (κ3) is 8.55. The van der Waals surface area contributed by atoms with Gasteiger partial charge in [-0.3, -0.25) is 9.59 Å². The zero-order chi connectivity index (χ0) is 41.8. The summed E-state index contributed by atoms with van der Waals surface area (Å²) >= 11 is 0. The predicted octanol–water partition coefficient (Wildman–Crippen LogP) is 4.05. The zero-order valence-electron chi connectivity index (χ0n) is 38.7. The highest BCUT2D eigenvalue weighted by Crippen LogP contribution is 2.77. The molecular formula is C51H77Cl2N3O4. The summed E-state index contributed by atoms with van der Waals surface area (Å²) in [5.74, 6) is 3.10. The molecule has 2 aromatic heterocycles. The molecule has 0 bridgehead atoms. The van der Waals surface area contributed by atoms with Crippen LogP contribution in [0.4, 0.5) is 5.69 Å². The van der Waals surface area contributed by atoms with E-state index in [1.165, 1.54) is 43.2 Å². The standard InChI is InChI=1S/C51H77N3O4.2ClH/c1-35(2)37-17-28-53(29-18-37)32-21-44(55)57-34-51-25-14-39(36(3)4)46(51)40-12-13-42-48(7)23-16-43(58-45(56)22-33-54-30-19-38(20-31-54)52(10)11)47(5,6)41(48)15-24-50(42,9)49(40,8)26-27-51;;/h17-20,28-31,35,39-43,46H,3,12-16,21-27,32-34H2,1-2,4-11H3;2*1H/q+2;;/p-2/t39-,40?,41?,42?,43-,46?,48-,49+,50+,51+;;/m0../s1. The van der Waals surface area contributed by atoms with Crippen molar-refractivity contribution in [2.75, 3.05) is 25.6 Å². The first kappa shape index (κ1) is 48.4. The number of halogens is 2. The maximum atomic E-state index is 13.4. The van der Waals surface area contributed by atoms with E-state index in [1.54, 1.807) is 0 Å². The van der Waals surface area contributed by atoms with Crippen molar-refractivity contribution >= 4 is 17.6 Å². The van der Waals surface area contributed by atoms with Gasteiger partial charge in [0.2, 0.25) is 0 Å². The molecule has 9 heteroatoms. The van der Waals surface area contributed by atoms with Gasteiger partial charge in [-0.1, -0.05) is 60.6 Å². The van der Waals surface area contributed by atoms with Crippen molar-refractivity contribution in [1.29, 1.82) is 0 Å². The molecule has 0 spiro atoms. The lowest BCUT2D eigenvalue weighted by Crippen LogP contribution is -3.00.